The highest BCUT2D eigenvalue weighted by molar-refractivity contribution is 7.91. The fraction of sp³-hybridized carbons (Fsp3) is 0.611. The number of hydrogen-bond acceptors (Lipinski definition) is 6. The van der Waals surface area contributed by atoms with Gasteiger partial charge < -0.3 is 9.42 Å². The lowest BCUT2D eigenvalue weighted by Crippen LogP contribution is -2.35. The minimum atomic E-state index is -3.47. The number of likely N-dealkylation sites (tertiary alicyclic amines) is 1. The Morgan fingerprint density at radius 1 is 1.35 bits per heavy atom. The summed E-state index contributed by atoms with van der Waals surface area (Å²) in [5, 5.41) is 5.75. The van der Waals surface area contributed by atoms with Gasteiger partial charge in [0.2, 0.25) is 10.0 Å². The first kappa shape index (κ1) is 19.5. The van der Waals surface area contributed by atoms with Gasteiger partial charge in [0.05, 0.1) is 5.69 Å². The van der Waals surface area contributed by atoms with E-state index in [1.807, 2.05) is 13.0 Å². The van der Waals surface area contributed by atoms with Crippen LogP contribution in [0.25, 0.3) is 11.3 Å². The summed E-state index contributed by atoms with van der Waals surface area (Å²) in [6.07, 6.45) is 4.10. The fourth-order valence-electron chi connectivity index (χ4n) is 3.07. The van der Waals surface area contributed by atoms with Crippen LogP contribution in [0.1, 0.15) is 38.8 Å². The highest BCUT2D eigenvalue weighted by Gasteiger charge is 2.19. The van der Waals surface area contributed by atoms with Crippen molar-refractivity contribution in [1.82, 2.24) is 14.8 Å². The summed E-state index contributed by atoms with van der Waals surface area (Å²) < 4.78 is 33.2. The van der Waals surface area contributed by atoms with Gasteiger partial charge in [-0.15, -0.1) is 11.3 Å². The first-order valence-corrected chi connectivity index (χ1v) is 11.6. The third kappa shape index (κ3) is 4.94. The standard InChI is InChI=1S/C18H27N3O3S2/c1-3-16-12-17(24-20-16)15-11-18(25-13-15)26(22,23)19-7-4-8-21-9-5-14(2)6-10-21/h11-14,19H,3-10H2,1-2H3. The summed E-state index contributed by atoms with van der Waals surface area (Å²) in [6.45, 7) is 7.95. The number of rotatable bonds is 8. The molecule has 1 aliphatic rings. The Kier molecular flexibility index (Phi) is 6.50. The van der Waals surface area contributed by atoms with Gasteiger partial charge >= 0.3 is 0 Å². The van der Waals surface area contributed by atoms with E-state index in [2.05, 4.69) is 21.7 Å². The molecule has 0 aromatic carbocycles. The molecule has 3 rings (SSSR count). The molecule has 0 bridgehead atoms. The Bertz CT molecular complexity index is 805. The van der Waals surface area contributed by atoms with Gasteiger partial charge in [0.25, 0.3) is 0 Å². The molecule has 0 spiro atoms. The lowest BCUT2D eigenvalue weighted by atomic mass is 9.99. The number of piperidine rings is 1. The van der Waals surface area contributed by atoms with Gasteiger partial charge in [-0.1, -0.05) is 19.0 Å². The summed E-state index contributed by atoms with van der Waals surface area (Å²) in [7, 11) is -3.47. The quantitative estimate of drug-likeness (QED) is 0.691. The third-order valence-corrected chi connectivity index (χ3v) is 7.77. The first-order chi connectivity index (χ1) is 12.5. The van der Waals surface area contributed by atoms with Crippen molar-refractivity contribution < 1.29 is 12.9 Å². The Hall–Kier alpha value is -1.22. The molecule has 0 amide bonds. The molecular formula is C18H27N3O3S2. The van der Waals surface area contributed by atoms with E-state index in [1.165, 1.54) is 24.2 Å². The number of nitrogens with zero attached hydrogens (tertiary/aromatic N) is 2. The van der Waals surface area contributed by atoms with Gasteiger partial charge in [-0.25, -0.2) is 13.1 Å². The Morgan fingerprint density at radius 3 is 2.81 bits per heavy atom. The van der Waals surface area contributed by atoms with Crippen LogP contribution in [-0.2, 0) is 16.4 Å². The van der Waals surface area contributed by atoms with E-state index in [0.717, 1.165) is 49.7 Å². The molecular weight excluding hydrogens is 370 g/mol. The van der Waals surface area contributed by atoms with Crippen molar-refractivity contribution in [3.63, 3.8) is 0 Å². The highest BCUT2D eigenvalue weighted by atomic mass is 32.2. The fourth-order valence-corrected chi connectivity index (χ4v) is 5.35. The Morgan fingerprint density at radius 2 is 2.12 bits per heavy atom. The van der Waals surface area contributed by atoms with Gasteiger partial charge in [-0.05, 0) is 57.3 Å². The van der Waals surface area contributed by atoms with Crippen LogP contribution in [-0.4, -0.2) is 44.7 Å². The van der Waals surface area contributed by atoms with E-state index < -0.39 is 10.0 Å². The second kappa shape index (κ2) is 8.65. The SMILES string of the molecule is CCc1cc(-c2csc(S(=O)(=O)NCCCN3CCC(C)CC3)c2)on1. The monoisotopic (exact) mass is 397 g/mol. The van der Waals surface area contributed by atoms with Crippen LogP contribution in [0.3, 0.4) is 0 Å². The molecule has 0 radical (unpaired) electrons. The zero-order valence-electron chi connectivity index (χ0n) is 15.4. The molecule has 1 aliphatic heterocycles. The molecule has 144 valence electrons. The van der Waals surface area contributed by atoms with Gasteiger partial charge in [-0.3, -0.25) is 0 Å². The summed E-state index contributed by atoms with van der Waals surface area (Å²) in [6, 6.07) is 3.50. The lowest BCUT2D eigenvalue weighted by molar-refractivity contribution is 0.191. The van der Waals surface area contributed by atoms with Crippen molar-refractivity contribution in [3.8, 4) is 11.3 Å². The number of hydrogen-bond donors (Lipinski definition) is 1. The molecule has 0 aliphatic carbocycles. The smallest absolute Gasteiger partial charge is 0.250 e. The zero-order chi connectivity index (χ0) is 18.6. The van der Waals surface area contributed by atoms with Crippen molar-refractivity contribution in [2.24, 2.45) is 5.92 Å². The van der Waals surface area contributed by atoms with Crippen molar-refractivity contribution in [3.05, 3.63) is 23.2 Å². The molecule has 26 heavy (non-hydrogen) atoms. The van der Waals surface area contributed by atoms with Crippen molar-refractivity contribution in [2.75, 3.05) is 26.2 Å². The minimum absolute atomic E-state index is 0.314. The number of aryl methyl sites for hydroxylation is 1. The normalized spacial score (nSPS) is 17.0. The topological polar surface area (TPSA) is 75.4 Å². The number of nitrogens with one attached hydrogen (secondary N) is 1. The average Bonchev–Trinajstić information content (AvgIpc) is 3.29. The number of sulfonamides is 1. The average molecular weight is 398 g/mol. The van der Waals surface area contributed by atoms with E-state index in [1.54, 1.807) is 11.4 Å². The van der Waals surface area contributed by atoms with Crippen molar-refractivity contribution >= 4 is 21.4 Å². The van der Waals surface area contributed by atoms with Crippen LogP contribution in [0.5, 0.6) is 0 Å². The predicted octanol–water partition coefficient (Wildman–Crippen LogP) is 3.37. The van der Waals surface area contributed by atoms with Gasteiger partial charge in [-0.2, -0.15) is 0 Å². The minimum Gasteiger partial charge on any atom is -0.356 e. The maximum Gasteiger partial charge on any atom is 0.250 e. The van der Waals surface area contributed by atoms with Crippen LogP contribution >= 0.6 is 11.3 Å². The molecule has 1 saturated heterocycles. The molecule has 2 aromatic heterocycles. The second-order valence-electron chi connectivity index (χ2n) is 6.97. The van der Waals surface area contributed by atoms with Crippen LogP contribution in [0.15, 0.2) is 26.2 Å². The summed E-state index contributed by atoms with van der Waals surface area (Å²) in [5.41, 5.74) is 1.62. The van der Waals surface area contributed by atoms with Crippen LogP contribution < -0.4 is 4.72 Å². The first-order valence-electron chi connectivity index (χ1n) is 9.24. The van der Waals surface area contributed by atoms with Crippen LogP contribution in [0, 0.1) is 5.92 Å². The van der Waals surface area contributed by atoms with Gasteiger partial charge in [0.1, 0.15) is 4.21 Å². The highest BCUT2D eigenvalue weighted by Crippen LogP contribution is 2.29. The van der Waals surface area contributed by atoms with Gasteiger partial charge in [0, 0.05) is 23.6 Å². The summed E-state index contributed by atoms with van der Waals surface area (Å²) in [5.74, 6) is 1.43. The Balaban J connectivity index is 1.50. The maximum absolute atomic E-state index is 12.5. The molecule has 1 fully saturated rings. The summed E-state index contributed by atoms with van der Waals surface area (Å²) in [4.78, 5) is 2.42. The largest absolute Gasteiger partial charge is 0.356 e. The Labute approximate surface area is 159 Å². The molecule has 0 unspecified atom stereocenters. The molecule has 0 atom stereocenters. The molecule has 2 aromatic rings. The van der Waals surface area contributed by atoms with E-state index in [0.29, 0.717) is 16.5 Å². The number of thiophene rings is 1. The van der Waals surface area contributed by atoms with Crippen molar-refractivity contribution in [1.29, 1.82) is 0 Å². The third-order valence-electron chi connectivity index (χ3n) is 4.87. The lowest BCUT2D eigenvalue weighted by Gasteiger charge is -2.30. The number of aromatic nitrogens is 1. The van der Waals surface area contributed by atoms with Crippen LogP contribution in [0.2, 0.25) is 0 Å². The molecule has 1 N–H and O–H groups in total. The molecule has 6 nitrogen and oxygen atoms in total. The van der Waals surface area contributed by atoms with E-state index in [9.17, 15) is 8.42 Å². The molecule has 8 heteroatoms. The predicted molar refractivity (Wildman–Crippen MR) is 104 cm³/mol. The van der Waals surface area contributed by atoms with E-state index in [-0.39, 0.29) is 0 Å². The maximum atomic E-state index is 12.5. The van der Waals surface area contributed by atoms with Crippen molar-refractivity contribution in [2.45, 2.75) is 43.7 Å². The van der Waals surface area contributed by atoms with E-state index >= 15 is 0 Å². The molecule has 3 heterocycles. The summed E-state index contributed by atoms with van der Waals surface area (Å²) >= 11 is 1.21. The zero-order valence-corrected chi connectivity index (χ0v) is 17.0. The van der Waals surface area contributed by atoms with E-state index in [4.69, 9.17) is 4.52 Å². The van der Waals surface area contributed by atoms with Gasteiger partial charge in [0.15, 0.2) is 5.76 Å². The molecule has 0 saturated carbocycles. The second-order valence-corrected chi connectivity index (χ2v) is 9.87. The van der Waals surface area contributed by atoms with Crippen LogP contribution in [0.4, 0.5) is 0 Å².